The lowest BCUT2D eigenvalue weighted by atomic mass is 9.98. The molecule has 548 valence electrons. The lowest BCUT2D eigenvalue weighted by molar-refractivity contribution is 1.01. The van der Waals surface area contributed by atoms with Crippen LogP contribution in [-0.2, 0) is 0 Å². The molecule has 0 aliphatic rings. The molecule has 0 aliphatic carbocycles. The Bertz CT molecular complexity index is 8040. The van der Waals surface area contributed by atoms with Crippen LogP contribution in [0.5, 0.6) is 0 Å². The molecule has 0 saturated heterocycles. The zero-order valence-corrected chi connectivity index (χ0v) is 63.8. The maximum atomic E-state index is 5.77. The van der Waals surface area contributed by atoms with Gasteiger partial charge in [0.2, 0.25) is 5.95 Å². The molecule has 0 radical (unpaired) electrons. The summed E-state index contributed by atoms with van der Waals surface area (Å²) in [5.41, 5.74) is 31.1. The van der Waals surface area contributed by atoms with Gasteiger partial charge < -0.3 is 22.8 Å². The number of benzene rings is 18. The second-order valence-corrected chi connectivity index (χ2v) is 31.2. The Balaban J connectivity index is 0.644. The third kappa shape index (κ3) is 10.0. The number of aromatic nitrogens is 8. The zero-order chi connectivity index (χ0) is 77.2. The van der Waals surface area contributed by atoms with Gasteiger partial charge in [0.15, 0.2) is 0 Å². The largest absolute Gasteiger partial charge is 0.309 e. The maximum Gasteiger partial charge on any atom is 0.235 e. The average molecular weight is 1500 g/mol. The third-order valence-corrected chi connectivity index (χ3v) is 24.8. The van der Waals surface area contributed by atoms with Crippen LogP contribution in [0.15, 0.2) is 413 Å². The second kappa shape index (κ2) is 25.8. The summed E-state index contributed by atoms with van der Waals surface area (Å²) in [6.45, 7) is 0. The van der Waals surface area contributed by atoms with Gasteiger partial charge in [0.05, 0.1) is 77.4 Å². The highest BCUT2D eigenvalue weighted by Gasteiger charge is 2.25. The van der Waals surface area contributed by atoms with Gasteiger partial charge in [-0.25, -0.2) is 9.97 Å². The number of nitrogens with zero attached hydrogens (tertiary/aromatic N) is 8. The number of rotatable bonds is 11. The van der Waals surface area contributed by atoms with Crippen molar-refractivity contribution in [2.45, 2.75) is 0 Å². The molecule has 18 aromatic carbocycles. The molecule has 0 fully saturated rings. The van der Waals surface area contributed by atoms with Crippen LogP contribution >= 0.6 is 0 Å². The van der Waals surface area contributed by atoms with Crippen LogP contribution < -0.4 is 0 Å². The molecule has 8 nitrogen and oxygen atoms in total. The molecule has 7 heterocycles. The summed E-state index contributed by atoms with van der Waals surface area (Å²) in [7, 11) is 0. The van der Waals surface area contributed by atoms with Crippen LogP contribution in [0.1, 0.15) is 0 Å². The van der Waals surface area contributed by atoms with Gasteiger partial charge in [0.1, 0.15) is 0 Å². The first-order chi connectivity index (χ1) is 58.5. The van der Waals surface area contributed by atoms with Crippen molar-refractivity contribution in [3.8, 4) is 90.2 Å². The molecular formula is C110H68N8. The van der Waals surface area contributed by atoms with Crippen molar-refractivity contribution in [1.82, 2.24) is 37.4 Å². The highest BCUT2D eigenvalue weighted by molar-refractivity contribution is 6.18. The molecule has 0 atom stereocenters. The fourth-order valence-corrected chi connectivity index (χ4v) is 19.4. The normalized spacial score (nSPS) is 12.1. The van der Waals surface area contributed by atoms with Crippen molar-refractivity contribution in [1.29, 1.82) is 0 Å². The Morgan fingerprint density at radius 3 is 0.619 bits per heavy atom. The summed E-state index contributed by atoms with van der Waals surface area (Å²) in [6.07, 6.45) is 0. The molecule has 0 bridgehead atoms. The van der Waals surface area contributed by atoms with E-state index in [1.54, 1.807) is 0 Å². The smallest absolute Gasteiger partial charge is 0.235 e. The minimum Gasteiger partial charge on any atom is -0.309 e. The summed E-state index contributed by atoms with van der Waals surface area (Å²) in [5, 5.41) is 15.3. The van der Waals surface area contributed by atoms with E-state index in [1.807, 2.05) is 0 Å². The predicted molar refractivity (Wildman–Crippen MR) is 493 cm³/mol. The Hall–Kier alpha value is -15.9. The Morgan fingerprint density at radius 1 is 0.136 bits per heavy atom. The molecule has 25 aromatic rings. The third-order valence-electron chi connectivity index (χ3n) is 24.8. The van der Waals surface area contributed by atoms with Gasteiger partial charge in [-0.2, -0.15) is 0 Å². The number of fused-ring (bicyclic) bond motifs is 19. The highest BCUT2D eigenvalue weighted by atomic mass is 15.2. The maximum absolute atomic E-state index is 5.77. The monoisotopic (exact) mass is 1500 g/mol. The first kappa shape index (κ1) is 65.6. The highest BCUT2D eigenvalue weighted by Crippen LogP contribution is 2.46. The van der Waals surface area contributed by atoms with E-state index in [4.69, 9.17) is 9.97 Å². The summed E-state index contributed by atoms with van der Waals surface area (Å²) >= 11 is 0. The Kier molecular flexibility index (Phi) is 14.4. The first-order valence-electron chi connectivity index (χ1n) is 40.4. The molecule has 0 saturated carbocycles. The van der Waals surface area contributed by atoms with Crippen LogP contribution in [0.2, 0.25) is 0 Å². The fourth-order valence-electron chi connectivity index (χ4n) is 19.4. The van der Waals surface area contributed by atoms with Crippen LogP contribution in [0.25, 0.3) is 232 Å². The van der Waals surface area contributed by atoms with Crippen molar-refractivity contribution >= 4 is 142 Å². The molecule has 118 heavy (non-hydrogen) atoms. The molecule has 0 amide bonds. The van der Waals surface area contributed by atoms with Crippen molar-refractivity contribution in [2.24, 2.45) is 0 Å². The van der Waals surface area contributed by atoms with Gasteiger partial charge in [-0.05, 0) is 233 Å². The predicted octanol–water partition coefficient (Wildman–Crippen LogP) is 28.5. The molecule has 8 heteroatoms. The fraction of sp³-hybridized carbons (Fsp3) is 0. The quantitative estimate of drug-likeness (QED) is 0.130. The summed E-state index contributed by atoms with van der Waals surface area (Å²) in [5.74, 6) is 0.597. The van der Waals surface area contributed by atoms with Gasteiger partial charge in [-0.3, -0.25) is 4.57 Å². The minimum absolute atomic E-state index is 0.597. The minimum atomic E-state index is 0.597. The van der Waals surface area contributed by atoms with Gasteiger partial charge in [-0.15, -0.1) is 0 Å². The standard InChI is InChI=1S/C110H68N8/c1-5-23-78(24-6-1)113-97-37-19-14-31-83(97)88-61-70(43-53-101(88)113)74-47-57-105-92(65-74)93-66-75(71-44-54-102-89(62-71)84-32-15-20-38-98(84)114(102)79-25-7-2-8-26-79)48-58-106(93)117(105)82-51-41-69(42-52-82)109-87-35-13-18-36-96(87)111-110(112-109)118-107-59-49-76(72-45-55-103-90(63-72)85-33-16-21-39-99(85)115(103)80-27-9-3-10-28-80)67-94(107)95-68-77(50-60-108(95)118)73-46-56-104-91(64-73)86-34-17-22-40-100(86)116(104)81-29-11-4-12-30-81/h1-68H. The second-order valence-electron chi connectivity index (χ2n) is 31.2. The van der Waals surface area contributed by atoms with Crippen molar-refractivity contribution in [3.63, 3.8) is 0 Å². The first-order valence-corrected chi connectivity index (χ1v) is 40.4. The number of hydrogen-bond donors (Lipinski definition) is 0. The van der Waals surface area contributed by atoms with Gasteiger partial charge >= 0.3 is 0 Å². The average Bonchev–Trinajstić information content (AvgIpc) is 1.57. The number of hydrogen-bond acceptors (Lipinski definition) is 2. The van der Waals surface area contributed by atoms with E-state index in [1.165, 1.54) is 98.0 Å². The Morgan fingerprint density at radius 2 is 0.339 bits per heavy atom. The molecule has 0 unspecified atom stereocenters. The van der Waals surface area contributed by atoms with E-state index in [0.717, 1.165) is 128 Å². The van der Waals surface area contributed by atoms with E-state index >= 15 is 0 Å². The summed E-state index contributed by atoms with van der Waals surface area (Å²) in [4.78, 5) is 11.3. The molecule has 0 N–H and O–H groups in total. The SMILES string of the molecule is c1ccc(-n2c3ccccc3c3cc(-c4ccc5c(c4)c4cc(-c6ccc7c(c6)c6ccccc6n7-c6ccccc6)ccc4n5-c4ccc(-c5nc(-n6c7ccc(-c8ccc9c(c8)c8ccccc8n9-c8ccccc8)cc7c7cc(-c8ccc9c(c8)c8ccccc8n9-c8ccccc8)ccc76)nc6ccccc56)cc4)ccc32)cc1. The van der Waals surface area contributed by atoms with Crippen molar-refractivity contribution in [3.05, 3.63) is 413 Å². The molecule has 25 rings (SSSR count). The molecule has 0 spiro atoms. The van der Waals surface area contributed by atoms with E-state index < -0.39 is 0 Å². The number of para-hydroxylation sites is 9. The van der Waals surface area contributed by atoms with E-state index in [2.05, 4.69) is 440 Å². The molecule has 0 aliphatic heterocycles. The van der Waals surface area contributed by atoms with Crippen LogP contribution in [0.3, 0.4) is 0 Å². The van der Waals surface area contributed by atoms with Crippen molar-refractivity contribution in [2.75, 3.05) is 0 Å². The van der Waals surface area contributed by atoms with Gasteiger partial charge in [-0.1, -0.05) is 224 Å². The van der Waals surface area contributed by atoms with Crippen LogP contribution in [0.4, 0.5) is 0 Å². The topological polar surface area (TPSA) is 55.4 Å². The van der Waals surface area contributed by atoms with E-state index in [0.29, 0.717) is 5.95 Å². The lowest BCUT2D eigenvalue weighted by Gasteiger charge is -2.13. The summed E-state index contributed by atoms with van der Waals surface area (Å²) in [6, 6.07) is 151. The van der Waals surface area contributed by atoms with Crippen molar-refractivity contribution < 1.29 is 0 Å². The van der Waals surface area contributed by atoms with Gasteiger partial charge in [0, 0.05) is 104 Å². The van der Waals surface area contributed by atoms with E-state index in [-0.39, 0.29) is 0 Å². The Labute approximate surface area is 677 Å². The zero-order valence-electron chi connectivity index (χ0n) is 63.8. The van der Waals surface area contributed by atoms with Crippen LogP contribution in [-0.4, -0.2) is 37.4 Å². The van der Waals surface area contributed by atoms with E-state index in [9.17, 15) is 0 Å². The lowest BCUT2D eigenvalue weighted by Crippen LogP contribution is -2.03. The van der Waals surface area contributed by atoms with Gasteiger partial charge in [0.25, 0.3) is 0 Å². The summed E-state index contributed by atoms with van der Waals surface area (Å²) < 4.78 is 14.3. The molecular weight excluding hydrogens is 1430 g/mol. The molecule has 7 aromatic heterocycles. The van der Waals surface area contributed by atoms with Crippen LogP contribution in [0, 0.1) is 0 Å².